The Bertz CT molecular complexity index is 968. The number of H-pyrrole nitrogens is 1. The first-order valence-corrected chi connectivity index (χ1v) is 8.53. The lowest BCUT2D eigenvalue weighted by Gasteiger charge is -2.17. The number of nitrogens with one attached hydrogen (secondary N) is 2. The van der Waals surface area contributed by atoms with Crippen molar-refractivity contribution in [3.05, 3.63) is 59.8 Å². The van der Waals surface area contributed by atoms with Crippen LogP contribution in [0.4, 0.5) is 13.2 Å². The molecule has 8 heteroatoms. The lowest BCUT2D eigenvalue weighted by molar-refractivity contribution is -0.174. The number of carbonyl (C=O) groups excluding carboxylic acids is 1. The molecule has 5 nitrogen and oxygen atoms in total. The molecule has 0 aliphatic carbocycles. The lowest BCUT2D eigenvalue weighted by atomic mass is 10.1. The number of fused-ring (bicyclic) bond motifs is 1. The van der Waals surface area contributed by atoms with Crippen LogP contribution in [0, 0.1) is 0 Å². The maximum atomic E-state index is 12.6. The predicted octanol–water partition coefficient (Wildman–Crippen LogP) is 4.50. The topological polar surface area (TPSA) is 63.4 Å². The summed E-state index contributed by atoms with van der Waals surface area (Å²) in [4.78, 5) is 14.3. The number of hydrogen-bond acceptors (Lipinski definition) is 3. The molecule has 0 aliphatic heterocycles. The number of amides is 1. The van der Waals surface area contributed by atoms with E-state index in [1.807, 2.05) is 35.6 Å². The molecule has 3 rings (SSSR count). The van der Waals surface area contributed by atoms with Crippen LogP contribution in [0.15, 0.2) is 48.7 Å². The lowest BCUT2D eigenvalue weighted by Crippen LogP contribution is -2.38. The normalized spacial score (nSPS) is 12.6. The summed E-state index contributed by atoms with van der Waals surface area (Å²) in [6.45, 7) is 1.76. The summed E-state index contributed by atoms with van der Waals surface area (Å²) in [5.41, 5.74) is 2.05. The van der Waals surface area contributed by atoms with Crippen LogP contribution in [-0.2, 0) is 11.4 Å². The SMILES string of the molecule is COc1cc(OCc2ccccc2)c2c(C(C)NC(=O)C(F)(F)F)c[nH]c2c1. The van der Waals surface area contributed by atoms with Crippen LogP contribution in [0.1, 0.15) is 24.1 Å². The van der Waals surface area contributed by atoms with E-state index in [9.17, 15) is 18.0 Å². The van der Waals surface area contributed by atoms with Gasteiger partial charge in [-0.15, -0.1) is 0 Å². The molecule has 0 saturated heterocycles. The van der Waals surface area contributed by atoms with Crippen LogP contribution < -0.4 is 14.8 Å². The molecule has 1 amide bonds. The molecule has 1 aromatic heterocycles. The molecule has 28 heavy (non-hydrogen) atoms. The maximum absolute atomic E-state index is 12.6. The zero-order valence-corrected chi connectivity index (χ0v) is 15.3. The first-order chi connectivity index (χ1) is 13.3. The van der Waals surface area contributed by atoms with E-state index in [4.69, 9.17) is 9.47 Å². The van der Waals surface area contributed by atoms with E-state index in [1.54, 1.807) is 18.3 Å². The molecule has 0 aliphatic rings. The van der Waals surface area contributed by atoms with Gasteiger partial charge in [0, 0.05) is 29.3 Å². The number of alkyl halides is 3. The minimum absolute atomic E-state index is 0.275. The molecule has 148 valence electrons. The van der Waals surface area contributed by atoms with E-state index in [1.165, 1.54) is 14.0 Å². The average molecular weight is 392 g/mol. The molecule has 3 aromatic rings. The number of aromatic nitrogens is 1. The molecule has 1 atom stereocenters. The Morgan fingerprint density at radius 1 is 1.21 bits per heavy atom. The Balaban J connectivity index is 1.94. The molecule has 2 N–H and O–H groups in total. The number of carbonyl (C=O) groups is 1. The van der Waals surface area contributed by atoms with Gasteiger partial charge in [0.05, 0.1) is 18.7 Å². The van der Waals surface area contributed by atoms with Gasteiger partial charge in [0.1, 0.15) is 18.1 Å². The first-order valence-electron chi connectivity index (χ1n) is 8.53. The second kappa shape index (κ2) is 7.84. The quantitative estimate of drug-likeness (QED) is 0.650. The van der Waals surface area contributed by atoms with E-state index >= 15 is 0 Å². The summed E-state index contributed by atoms with van der Waals surface area (Å²) in [7, 11) is 1.51. The van der Waals surface area contributed by atoms with Crippen LogP contribution >= 0.6 is 0 Å². The van der Waals surface area contributed by atoms with Crippen LogP contribution in [-0.4, -0.2) is 24.2 Å². The van der Waals surface area contributed by atoms with Crippen molar-refractivity contribution in [1.82, 2.24) is 10.3 Å². The Morgan fingerprint density at radius 2 is 1.93 bits per heavy atom. The van der Waals surface area contributed by atoms with Crippen LogP contribution in [0.3, 0.4) is 0 Å². The summed E-state index contributed by atoms with van der Waals surface area (Å²) in [6, 6.07) is 12.0. The molecule has 0 spiro atoms. The van der Waals surface area contributed by atoms with Gasteiger partial charge in [0.25, 0.3) is 0 Å². The van der Waals surface area contributed by atoms with Crippen molar-refractivity contribution in [3.8, 4) is 11.5 Å². The first kappa shape index (κ1) is 19.6. The van der Waals surface area contributed by atoms with Crippen LogP contribution in [0.2, 0.25) is 0 Å². The smallest absolute Gasteiger partial charge is 0.471 e. The third-order valence-electron chi connectivity index (χ3n) is 4.29. The molecule has 1 unspecified atom stereocenters. The molecule has 1 heterocycles. The number of hydrogen-bond donors (Lipinski definition) is 2. The standard InChI is InChI=1S/C20H19F3N2O3/c1-12(25-19(26)20(21,22)23)15-10-24-16-8-14(27-2)9-17(18(15)16)28-11-13-6-4-3-5-7-13/h3-10,12,24H,11H2,1-2H3,(H,25,26). The van der Waals surface area contributed by atoms with Gasteiger partial charge in [0.2, 0.25) is 0 Å². The van der Waals surface area contributed by atoms with E-state index in [-0.39, 0.29) is 6.61 Å². The highest BCUT2D eigenvalue weighted by atomic mass is 19.4. The average Bonchev–Trinajstić information content (AvgIpc) is 3.10. The van der Waals surface area contributed by atoms with E-state index in [0.29, 0.717) is 28.0 Å². The maximum Gasteiger partial charge on any atom is 0.471 e. The third kappa shape index (κ3) is 4.21. The molecule has 0 saturated carbocycles. The van der Waals surface area contributed by atoms with Gasteiger partial charge in [-0.3, -0.25) is 4.79 Å². The van der Waals surface area contributed by atoms with E-state index < -0.39 is 18.1 Å². The molecule has 0 fully saturated rings. The van der Waals surface area contributed by atoms with Crippen LogP contribution in [0.5, 0.6) is 11.5 Å². The molecule has 0 radical (unpaired) electrons. The zero-order chi connectivity index (χ0) is 20.3. The fourth-order valence-corrected chi connectivity index (χ4v) is 2.89. The zero-order valence-electron chi connectivity index (χ0n) is 15.3. The van der Waals surface area contributed by atoms with Crippen LogP contribution in [0.25, 0.3) is 10.9 Å². The Hall–Kier alpha value is -3.16. The Labute approximate surface area is 159 Å². The van der Waals surface area contributed by atoms with Crippen molar-refractivity contribution in [1.29, 1.82) is 0 Å². The second-order valence-corrected chi connectivity index (χ2v) is 6.26. The predicted molar refractivity (Wildman–Crippen MR) is 98.2 cm³/mol. The third-order valence-corrected chi connectivity index (χ3v) is 4.29. The number of benzene rings is 2. The van der Waals surface area contributed by atoms with Gasteiger partial charge in [-0.25, -0.2) is 0 Å². The van der Waals surface area contributed by atoms with Gasteiger partial charge in [-0.05, 0) is 12.5 Å². The Kier molecular flexibility index (Phi) is 5.48. The number of methoxy groups -OCH3 is 1. The second-order valence-electron chi connectivity index (χ2n) is 6.26. The molecule has 0 bridgehead atoms. The van der Waals surface area contributed by atoms with Gasteiger partial charge >= 0.3 is 12.1 Å². The van der Waals surface area contributed by atoms with Gasteiger partial charge in [-0.1, -0.05) is 30.3 Å². The minimum atomic E-state index is -4.95. The summed E-state index contributed by atoms with van der Waals surface area (Å²) in [5, 5.41) is 2.56. The fourth-order valence-electron chi connectivity index (χ4n) is 2.89. The largest absolute Gasteiger partial charge is 0.497 e. The number of aromatic amines is 1. The van der Waals surface area contributed by atoms with Crippen molar-refractivity contribution >= 4 is 16.8 Å². The number of halogens is 3. The van der Waals surface area contributed by atoms with E-state index in [0.717, 1.165) is 5.56 Å². The highest BCUT2D eigenvalue weighted by molar-refractivity contribution is 5.92. The van der Waals surface area contributed by atoms with Crippen molar-refractivity contribution in [2.24, 2.45) is 0 Å². The summed E-state index contributed by atoms with van der Waals surface area (Å²) < 4.78 is 49.0. The van der Waals surface area contributed by atoms with Crippen molar-refractivity contribution < 1.29 is 27.4 Å². The molecular formula is C20H19F3N2O3. The van der Waals surface area contributed by atoms with E-state index in [2.05, 4.69) is 4.98 Å². The van der Waals surface area contributed by atoms with Gasteiger partial charge in [-0.2, -0.15) is 13.2 Å². The van der Waals surface area contributed by atoms with Gasteiger partial charge in [0.15, 0.2) is 0 Å². The molecular weight excluding hydrogens is 373 g/mol. The van der Waals surface area contributed by atoms with Gasteiger partial charge < -0.3 is 19.8 Å². The summed E-state index contributed by atoms with van der Waals surface area (Å²) in [5.74, 6) is -1.01. The molecule has 2 aromatic carbocycles. The highest BCUT2D eigenvalue weighted by Gasteiger charge is 2.39. The van der Waals surface area contributed by atoms with Crippen molar-refractivity contribution in [3.63, 3.8) is 0 Å². The Morgan fingerprint density at radius 3 is 2.57 bits per heavy atom. The summed E-state index contributed by atoms with van der Waals surface area (Å²) in [6.07, 6.45) is -3.39. The fraction of sp³-hybridized carbons (Fsp3) is 0.250. The number of ether oxygens (including phenoxy) is 2. The van der Waals surface area contributed by atoms with Crippen molar-refractivity contribution in [2.45, 2.75) is 25.7 Å². The summed E-state index contributed by atoms with van der Waals surface area (Å²) >= 11 is 0. The van der Waals surface area contributed by atoms with Crippen molar-refractivity contribution in [2.75, 3.05) is 7.11 Å². The number of rotatable bonds is 6. The monoisotopic (exact) mass is 392 g/mol. The minimum Gasteiger partial charge on any atom is -0.497 e. The highest BCUT2D eigenvalue weighted by Crippen LogP contribution is 2.36.